The van der Waals surface area contributed by atoms with Gasteiger partial charge in [0.25, 0.3) is 0 Å². The van der Waals surface area contributed by atoms with Gasteiger partial charge in [0.05, 0.1) is 11.8 Å². The third-order valence-corrected chi connectivity index (χ3v) is 1.08. The molecule has 1 atom stereocenters. The molecule has 0 saturated carbocycles. The molecule has 0 heterocycles. The fourth-order valence-electron chi connectivity index (χ4n) is 0.708. The standard InChI is InChI=1S/C7H13NO/c1-5(2)7(8-4)6(3)9/h6,9H,4H2,1-3H3. The van der Waals surface area contributed by atoms with E-state index < -0.39 is 6.10 Å². The van der Waals surface area contributed by atoms with Crippen LogP contribution in [0.3, 0.4) is 0 Å². The maximum atomic E-state index is 8.99. The first kappa shape index (κ1) is 8.37. The molecule has 0 aromatic heterocycles. The maximum Gasteiger partial charge on any atom is 0.0930 e. The Morgan fingerprint density at radius 1 is 1.56 bits per heavy atom. The van der Waals surface area contributed by atoms with Crippen molar-refractivity contribution in [1.82, 2.24) is 0 Å². The molecule has 0 amide bonds. The Morgan fingerprint density at radius 3 is 2.00 bits per heavy atom. The monoisotopic (exact) mass is 127 g/mol. The van der Waals surface area contributed by atoms with Gasteiger partial charge >= 0.3 is 0 Å². The van der Waals surface area contributed by atoms with Crippen LogP contribution in [0.15, 0.2) is 16.3 Å². The van der Waals surface area contributed by atoms with Gasteiger partial charge in [-0.1, -0.05) is 5.57 Å². The van der Waals surface area contributed by atoms with Gasteiger partial charge in [-0.3, -0.25) is 4.99 Å². The minimum atomic E-state index is -0.493. The van der Waals surface area contributed by atoms with E-state index in [9.17, 15) is 0 Å². The molecule has 0 spiro atoms. The fourth-order valence-corrected chi connectivity index (χ4v) is 0.708. The van der Waals surface area contributed by atoms with Crippen LogP contribution in [-0.4, -0.2) is 17.9 Å². The van der Waals surface area contributed by atoms with E-state index in [4.69, 9.17) is 5.11 Å². The van der Waals surface area contributed by atoms with Crippen LogP contribution in [0.5, 0.6) is 0 Å². The molecule has 0 aromatic carbocycles. The fraction of sp³-hybridized carbons (Fsp3) is 0.571. The molecule has 0 aromatic rings. The van der Waals surface area contributed by atoms with E-state index in [-0.39, 0.29) is 0 Å². The summed E-state index contributed by atoms with van der Waals surface area (Å²) in [6.07, 6.45) is -0.493. The molecule has 2 nitrogen and oxygen atoms in total. The van der Waals surface area contributed by atoms with Crippen molar-refractivity contribution in [2.75, 3.05) is 0 Å². The van der Waals surface area contributed by atoms with Gasteiger partial charge in [-0.2, -0.15) is 0 Å². The summed E-state index contributed by atoms with van der Waals surface area (Å²) in [6.45, 7) is 8.81. The van der Waals surface area contributed by atoms with Crippen LogP contribution in [0.4, 0.5) is 0 Å². The topological polar surface area (TPSA) is 32.6 Å². The Bertz CT molecular complexity index is 132. The second-order valence-corrected chi connectivity index (χ2v) is 2.22. The molecule has 0 aliphatic carbocycles. The highest BCUT2D eigenvalue weighted by atomic mass is 16.3. The summed E-state index contributed by atoms with van der Waals surface area (Å²) in [5.74, 6) is 0. The van der Waals surface area contributed by atoms with E-state index >= 15 is 0 Å². The number of hydrogen-bond acceptors (Lipinski definition) is 2. The van der Waals surface area contributed by atoms with Crippen molar-refractivity contribution < 1.29 is 5.11 Å². The Kier molecular flexibility index (Phi) is 3.17. The average molecular weight is 127 g/mol. The molecule has 0 aliphatic heterocycles. The van der Waals surface area contributed by atoms with Crippen LogP contribution in [0.25, 0.3) is 0 Å². The highest BCUT2D eigenvalue weighted by molar-refractivity contribution is 5.31. The summed E-state index contributed by atoms with van der Waals surface area (Å²) >= 11 is 0. The van der Waals surface area contributed by atoms with Crippen LogP contribution in [0.2, 0.25) is 0 Å². The van der Waals surface area contributed by atoms with Gasteiger partial charge in [0.1, 0.15) is 0 Å². The average Bonchev–Trinajstić information content (AvgIpc) is 1.64. The van der Waals surface area contributed by atoms with Crippen molar-refractivity contribution in [1.29, 1.82) is 0 Å². The number of aliphatic hydroxyl groups excluding tert-OH is 1. The molecule has 0 rings (SSSR count). The van der Waals surface area contributed by atoms with E-state index in [0.29, 0.717) is 5.70 Å². The molecule has 9 heavy (non-hydrogen) atoms. The zero-order chi connectivity index (χ0) is 7.44. The predicted molar refractivity (Wildman–Crippen MR) is 39.6 cm³/mol. The Labute approximate surface area is 55.9 Å². The summed E-state index contributed by atoms with van der Waals surface area (Å²) < 4.78 is 0. The summed E-state index contributed by atoms with van der Waals surface area (Å²) in [5.41, 5.74) is 1.69. The molecule has 0 saturated heterocycles. The number of allylic oxidation sites excluding steroid dienone is 1. The number of hydrogen-bond donors (Lipinski definition) is 1. The summed E-state index contributed by atoms with van der Waals surface area (Å²) in [5, 5.41) is 8.99. The molecule has 0 aliphatic rings. The van der Waals surface area contributed by atoms with E-state index in [1.54, 1.807) is 6.92 Å². The molecule has 2 heteroatoms. The first-order chi connectivity index (χ1) is 4.09. The molecule has 0 fully saturated rings. The minimum absolute atomic E-state index is 0.493. The predicted octanol–water partition coefficient (Wildman–Crippen LogP) is 1.36. The smallest absolute Gasteiger partial charge is 0.0930 e. The zero-order valence-electron chi connectivity index (χ0n) is 6.18. The van der Waals surface area contributed by atoms with Gasteiger partial charge in [-0.25, -0.2) is 0 Å². The normalized spacial score (nSPS) is 12.4. The maximum absolute atomic E-state index is 8.99. The Hall–Kier alpha value is -0.630. The summed E-state index contributed by atoms with van der Waals surface area (Å²) in [6, 6.07) is 0. The van der Waals surface area contributed by atoms with Crippen molar-refractivity contribution in [2.45, 2.75) is 26.9 Å². The molecule has 1 unspecified atom stereocenters. The highest BCUT2D eigenvalue weighted by Crippen LogP contribution is 2.08. The number of aliphatic hydroxyl groups is 1. The lowest BCUT2D eigenvalue weighted by atomic mass is 10.2. The number of rotatable bonds is 2. The lowest BCUT2D eigenvalue weighted by Crippen LogP contribution is -2.03. The van der Waals surface area contributed by atoms with Crippen molar-refractivity contribution in [3.8, 4) is 0 Å². The zero-order valence-corrected chi connectivity index (χ0v) is 6.18. The van der Waals surface area contributed by atoms with Crippen LogP contribution < -0.4 is 0 Å². The van der Waals surface area contributed by atoms with Crippen molar-refractivity contribution in [3.63, 3.8) is 0 Å². The van der Waals surface area contributed by atoms with Gasteiger partial charge in [0.15, 0.2) is 0 Å². The molecule has 1 N–H and O–H groups in total. The third kappa shape index (κ3) is 2.42. The highest BCUT2D eigenvalue weighted by Gasteiger charge is 2.01. The SMILES string of the molecule is C=NC(=C(C)C)C(C)O. The number of nitrogens with zero attached hydrogens (tertiary/aromatic N) is 1. The van der Waals surface area contributed by atoms with Gasteiger partial charge < -0.3 is 5.11 Å². The molecular weight excluding hydrogens is 114 g/mol. The summed E-state index contributed by atoms with van der Waals surface area (Å²) in [4.78, 5) is 3.67. The molecular formula is C7H13NO. The summed E-state index contributed by atoms with van der Waals surface area (Å²) in [7, 11) is 0. The quantitative estimate of drug-likeness (QED) is 0.558. The molecule has 52 valence electrons. The second kappa shape index (κ2) is 3.41. The van der Waals surface area contributed by atoms with Crippen LogP contribution in [-0.2, 0) is 0 Å². The van der Waals surface area contributed by atoms with Gasteiger partial charge in [0.2, 0.25) is 0 Å². The van der Waals surface area contributed by atoms with E-state index in [1.807, 2.05) is 13.8 Å². The minimum Gasteiger partial charge on any atom is -0.387 e. The van der Waals surface area contributed by atoms with Gasteiger partial charge in [-0.15, -0.1) is 0 Å². The third-order valence-electron chi connectivity index (χ3n) is 1.08. The lowest BCUT2D eigenvalue weighted by Gasteiger charge is -2.05. The van der Waals surface area contributed by atoms with E-state index in [0.717, 1.165) is 5.57 Å². The molecule has 0 radical (unpaired) electrons. The first-order valence-electron chi connectivity index (χ1n) is 2.91. The first-order valence-corrected chi connectivity index (χ1v) is 2.91. The van der Waals surface area contributed by atoms with Crippen LogP contribution in [0.1, 0.15) is 20.8 Å². The van der Waals surface area contributed by atoms with Crippen LogP contribution >= 0.6 is 0 Å². The van der Waals surface area contributed by atoms with Crippen molar-refractivity contribution in [2.24, 2.45) is 4.99 Å². The van der Waals surface area contributed by atoms with E-state index in [1.165, 1.54) is 0 Å². The van der Waals surface area contributed by atoms with E-state index in [2.05, 4.69) is 11.7 Å². The van der Waals surface area contributed by atoms with Crippen LogP contribution in [0, 0.1) is 0 Å². The van der Waals surface area contributed by atoms with Gasteiger partial charge in [-0.05, 0) is 27.5 Å². The van der Waals surface area contributed by atoms with Gasteiger partial charge in [0, 0.05) is 0 Å². The number of aliphatic imine (C=N–C) groups is 1. The lowest BCUT2D eigenvalue weighted by molar-refractivity contribution is 0.229. The molecule has 0 bridgehead atoms. The Balaban J connectivity index is 4.34. The second-order valence-electron chi connectivity index (χ2n) is 2.22. The van der Waals surface area contributed by atoms with Crippen molar-refractivity contribution in [3.05, 3.63) is 11.3 Å². The Morgan fingerprint density at radius 2 is 2.00 bits per heavy atom. The largest absolute Gasteiger partial charge is 0.387 e. The van der Waals surface area contributed by atoms with Crippen molar-refractivity contribution >= 4 is 6.72 Å².